The second-order valence-corrected chi connectivity index (χ2v) is 8.95. The fourth-order valence-electron chi connectivity index (χ4n) is 4.88. The Labute approximate surface area is 188 Å². The van der Waals surface area contributed by atoms with Crippen molar-refractivity contribution in [3.05, 3.63) is 59.8 Å². The minimum atomic E-state index is 0.0111. The van der Waals surface area contributed by atoms with Crippen molar-refractivity contribution in [1.29, 1.82) is 0 Å². The third-order valence-corrected chi connectivity index (χ3v) is 6.97. The highest BCUT2D eigenvalue weighted by atomic mass is 16.1. The molecular weight excluding hydrogens is 400 g/mol. The minimum absolute atomic E-state index is 0.0111. The lowest BCUT2D eigenvalue weighted by Crippen LogP contribution is -2.44. The average molecular weight is 431 g/mol. The lowest BCUT2D eigenvalue weighted by atomic mass is 9.69. The highest BCUT2D eigenvalue weighted by Crippen LogP contribution is 2.44. The number of aromatic nitrogens is 1. The molecule has 2 aromatic carbocycles. The van der Waals surface area contributed by atoms with Gasteiger partial charge in [-0.15, -0.1) is 0 Å². The summed E-state index contributed by atoms with van der Waals surface area (Å²) in [4.78, 5) is 21.1. The van der Waals surface area contributed by atoms with Gasteiger partial charge in [-0.05, 0) is 55.6 Å². The van der Waals surface area contributed by atoms with Crippen LogP contribution in [0.2, 0.25) is 0 Å². The summed E-state index contributed by atoms with van der Waals surface area (Å²) in [6.45, 7) is 4.28. The third-order valence-electron chi connectivity index (χ3n) is 6.97. The second-order valence-electron chi connectivity index (χ2n) is 8.95. The summed E-state index contributed by atoms with van der Waals surface area (Å²) in [7, 11) is 2.17. The second kappa shape index (κ2) is 8.67. The molecule has 5 rings (SSSR count). The number of amides is 1. The van der Waals surface area contributed by atoms with E-state index in [9.17, 15) is 4.79 Å². The van der Waals surface area contributed by atoms with Gasteiger partial charge in [0.05, 0.1) is 6.21 Å². The SMILES string of the molecule is CN1CCN(c2cccc(C3CCC3C(=O)Nc3ccc4c(/C=N\N)c[nH]c4c3)c2)CC1. The Morgan fingerprint density at radius 2 is 2.00 bits per heavy atom. The topological polar surface area (TPSA) is 89.8 Å². The van der Waals surface area contributed by atoms with Gasteiger partial charge in [-0.25, -0.2) is 0 Å². The van der Waals surface area contributed by atoms with E-state index >= 15 is 0 Å². The van der Waals surface area contributed by atoms with Crippen molar-refractivity contribution in [3.63, 3.8) is 0 Å². The van der Waals surface area contributed by atoms with Crippen molar-refractivity contribution < 1.29 is 4.79 Å². The van der Waals surface area contributed by atoms with Crippen LogP contribution in [0.25, 0.3) is 10.9 Å². The van der Waals surface area contributed by atoms with Crippen LogP contribution in [0.5, 0.6) is 0 Å². The number of hydrazone groups is 1. The smallest absolute Gasteiger partial charge is 0.228 e. The first-order chi connectivity index (χ1) is 15.6. The molecule has 2 fully saturated rings. The molecule has 2 unspecified atom stereocenters. The first kappa shape index (κ1) is 20.6. The van der Waals surface area contributed by atoms with Crippen LogP contribution in [0.1, 0.15) is 29.9 Å². The summed E-state index contributed by atoms with van der Waals surface area (Å²) in [6.07, 6.45) is 5.47. The largest absolute Gasteiger partial charge is 0.369 e. The number of nitrogens with zero attached hydrogens (tertiary/aromatic N) is 3. The molecule has 7 heteroatoms. The fraction of sp³-hybridized carbons (Fsp3) is 0.360. The molecule has 1 amide bonds. The maximum Gasteiger partial charge on any atom is 0.228 e. The zero-order chi connectivity index (χ0) is 22.1. The summed E-state index contributed by atoms with van der Waals surface area (Å²) in [6, 6.07) is 14.7. The maximum absolute atomic E-state index is 13.1. The van der Waals surface area contributed by atoms with Crippen LogP contribution in [0.3, 0.4) is 0 Å². The molecular formula is C25H30N6O. The predicted octanol–water partition coefficient (Wildman–Crippen LogP) is 3.34. The van der Waals surface area contributed by atoms with E-state index in [2.05, 4.69) is 56.5 Å². The van der Waals surface area contributed by atoms with Crippen molar-refractivity contribution in [2.24, 2.45) is 16.9 Å². The van der Waals surface area contributed by atoms with Gasteiger partial charge in [0.15, 0.2) is 0 Å². The molecule has 4 N–H and O–H groups in total. The molecule has 32 heavy (non-hydrogen) atoms. The maximum atomic E-state index is 13.1. The van der Waals surface area contributed by atoms with Gasteiger partial charge in [-0.1, -0.05) is 18.2 Å². The van der Waals surface area contributed by atoms with Gasteiger partial charge >= 0.3 is 0 Å². The van der Waals surface area contributed by atoms with E-state index in [4.69, 9.17) is 5.84 Å². The molecule has 1 saturated carbocycles. The quantitative estimate of drug-likeness (QED) is 0.329. The van der Waals surface area contributed by atoms with E-state index in [0.717, 1.165) is 61.2 Å². The van der Waals surface area contributed by atoms with Crippen molar-refractivity contribution in [1.82, 2.24) is 9.88 Å². The van der Waals surface area contributed by atoms with Crippen LogP contribution in [-0.2, 0) is 4.79 Å². The number of nitrogens with two attached hydrogens (primary N) is 1. The Hall–Kier alpha value is -3.32. The lowest BCUT2D eigenvalue weighted by molar-refractivity contribution is -0.123. The van der Waals surface area contributed by atoms with Gasteiger partial charge in [0.1, 0.15) is 0 Å². The Balaban J connectivity index is 1.27. The number of benzene rings is 2. The number of carbonyl (C=O) groups excluding carboxylic acids is 1. The van der Waals surface area contributed by atoms with E-state index in [0.29, 0.717) is 0 Å². The first-order valence-electron chi connectivity index (χ1n) is 11.3. The molecule has 1 aliphatic carbocycles. The van der Waals surface area contributed by atoms with E-state index in [1.165, 1.54) is 11.3 Å². The summed E-state index contributed by atoms with van der Waals surface area (Å²) < 4.78 is 0. The summed E-state index contributed by atoms with van der Waals surface area (Å²) in [5.74, 6) is 5.66. The first-order valence-corrected chi connectivity index (χ1v) is 11.3. The van der Waals surface area contributed by atoms with E-state index < -0.39 is 0 Å². The molecule has 2 atom stereocenters. The molecule has 0 spiro atoms. The van der Waals surface area contributed by atoms with Crippen molar-refractivity contribution in [2.75, 3.05) is 43.4 Å². The number of fused-ring (bicyclic) bond motifs is 1. The Morgan fingerprint density at radius 3 is 2.75 bits per heavy atom. The molecule has 1 aliphatic heterocycles. The third kappa shape index (κ3) is 3.96. The predicted molar refractivity (Wildman–Crippen MR) is 130 cm³/mol. The van der Waals surface area contributed by atoms with Crippen molar-refractivity contribution >= 4 is 34.4 Å². The van der Waals surface area contributed by atoms with Gasteiger partial charge in [0, 0.05) is 66.1 Å². The zero-order valence-corrected chi connectivity index (χ0v) is 18.4. The van der Waals surface area contributed by atoms with Crippen LogP contribution in [0.4, 0.5) is 11.4 Å². The molecule has 3 aromatic rings. The number of likely N-dealkylation sites (N-methyl/N-ethyl adjacent to an activating group) is 1. The number of carbonyl (C=O) groups is 1. The number of piperazine rings is 1. The highest BCUT2D eigenvalue weighted by Gasteiger charge is 2.37. The standard InChI is InChI=1S/C25H30N6O/c1-30-9-11-31(12-10-30)20-4-2-3-17(13-20)21-7-8-23(21)25(32)29-19-5-6-22-18(16-28-26)15-27-24(22)14-19/h2-6,13-16,21,23,27H,7-12,26H2,1H3,(H,29,32)/b28-16-. The number of H-pyrrole nitrogens is 1. The van der Waals surface area contributed by atoms with Gasteiger partial charge in [0.25, 0.3) is 0 Å². The van der Waals surface area contributed by atoms with Crippen LogP contribution in [-0.4, -0.2) is 55.2 Å². The molecule has 166 valence electrons. The number of nitrogens with one attached hydrogen (secondary N) is 2. The molecule has 0 radical (unpaired) electrons. The van der Waals surface area contributed by atoms with E-state index in [1.54, 1.807) is 6.21 Å². The number of hydrogen-bond acceptors (Lipinski definition) is 5. The molecule has 0 bridgehead atoms. The van der Waals surface area contributed by atoms with Gasteiger partial charge in [-0.3, -0.25) is 4.79 Å². The molecule has 1 aromatic heterocycles. The zero-order valence-electron chi connectivity index (χ0n) is 18.4. The van der Waals surface area contributed by atoms with Gasteiger partial charge in [0.2, 0.25) is 5.91 Å². The summed E-state index contributed by atoms with van der Waals surface area (Å²) in [5, 5.41) is 7.75. The molecule has 1 saturated heterocycles. The highest BCUT2D eigenvalue weighted by molar-refractivity contribution is 6.01. The Kier molecular flexibility index (Phi) is 5.57. The number of rotatable bonds is 5. The molecule has 2 aliphatic rings. The Bertz CT molecular complexity index is 1140. The van der Waals surface area contributed by atoms with Crippen LogP contribution in [0.15, 0.2) is 53.8 Å². The monoisotopic (exact) mass is 430 g/mol. The average Bonchev–Trinajstić information content (AvgIpc) is 3.16. The van der Waals surface area contributed by atoms with Crippen molar-refractivity contribution in [2.45, 2.75) is 18.8 Å². The lowest BCUT2D eigenvalue weighted by Gasteiger charge is -2.37. The molecule has 2 heterocycles. The van der Waals surface area contributed by atoms with Crippen molar-refractivity contribution in [3.8, 4) is 0 Å². The fourth-order valence-corrected chi connectivity index (χ4v) is 4.88. The normalized spacial score (nSPS) is 21.7. The van der Waals surface area contributed by atoms with Gasteiger partial charge < -0.3 is 25.9 Å². The van der Waals surface area contributed by atoms with Gasteiger partial charge in [-0.2, -0.15) is 5.10 Å². The number of hydrogen-bond donors (Lipinski definition) is 3. The Morgan fingerprint density at radius 1 is 1.16 bits per heavy atom. The molecule has 7 nitrogen and oxygen atoms in total. The minimum Gasteiger partial charge on any atom is -0.369 e. The van der Waals surface area contributed by atoms with E-state index in [-0.39, 0.29) is 17.7 Å². The van der Waals surface area contributed by atoms with Crippen LogP contribution < -0.4 is 16.1 Å². The van der Waals surface area contributed by atoms with Crippen LogP contribution >= 0.6 is 0 Å². The number of anilines is 2. The number of aromatic amines is 1. The summed E-state index contributed by atoms with van der Waals surface area (Å²) >= 11 is 0. The summed E-state index contributed by atoms with van der Waals surface area (Å²) in [5.41, 5.74) is 5.23. The van der Waals surface area contributed by atoms with E-state index in [1.807, 2.05) is 24.4 Å². The van der Waals surface area contributed by atoms with Crippen LogP contribution in [0, 0.1) is 5.92 Å².